The minimum Gasteiger partial charge on any atom is -0.489 e. The lowest BCUT2D eigenvalue weighted by Crippen LogP contribution is -1.80. The highest BCUT2D eigenvalue weighted by Gasteiger charge is 2.03. The first-order chi connectivity index (χ1) is 7.88. The van der Waals surface area contributed by atoms with Gasteiger partial charge in [0.15, 0.2) is 0 Å². The fourth-order valence-corrected chi connectivity index (χ4v) is 1.52. The molecule has 1 aliphatic rings. The highest BCUT2D eigenvalue weighted by molar-refractivity contribution is 6.23. The molecule has 3 heteroatoms. The third kappa shape index (κ3) is 2.91. The van der Waals surface area contributed by atoms with Crippen molar-refractivity contribution in [3.63, 3.8) is 0 Å². The van der Waals surface area contributed by atoms with Crippen LogP contribution < -0.4 is 9.57 Å². The molecule has 2 bridgehead atoms. The molecular weight excluding hydrogens is 222 g/mol. The fraction of sp³-hybridized carbons (Fsp3) is 0.0769. The summed E-state index contributed by atoms with van der Waals surface area (Å²) in [4.78, 5) is 2.50. The molecule has 2 nitrogen and oxygen atoms in total. The zero-order chi connectivity index (χ0) is 11.2. The van der Waals surface area contributed by atoms with Crippen LogP contribution >= 0.6 is 11.8 Å². The van der Waals surface area contributed by atoms with Crippen LogP contribution in [0.2, 0.25) is 0 Å². The highest BCUT2D eigenvalue weighted by Crippen LogP contribution is 2.20. The van der Waals surface area contributed by atoms with Gasteiger partial charge in [0, 0.05) is 17.5 Å². The second-order valence-electron chi connectivity index (χ2n) is 3.40. The van der Waals surface area contributed by atoms with Crippen LogP contribution in [0.15, 0.2) is 54.6 Å². The number of fused-ring (bicyclic) bond motifs is 2. The van der Waals surface area contributed by atoms with Crippen LogP contribution in [-0.4, -0.2) is 0 Å². The van der Waals surface area contributed by atoms with E-state index in [1.54, 1.807) is 0 Å². The molecule has 0 saturated heterocycles. The van der Waals surface area contributed by atoms with E-state index in [1.807, 2.05) is 42.5 Å². The molecule has 0 aliphatic carbocycles. The number of hydrogen-bond acceptors (Lipinski definition) is 2. The van der Waals surface area contributed by atoms with Crippen molar-refractivity contribution in [2.24, 2.45) is 0 Å². The first kappa shape index (κ1) is 10.8. The van der Waals surface area contributed by atoms with Gasteiger partial charge >= 0.3 is 0 Å². The van der Waals surface area contributed by atoms with Gasteiger partial charge in [-0.1, -0.05) is 30.3 Å². The summed E-state index contributed by atoms with van der Waals surface area (Å²) in [5, 5.41) is 0. The van der Waals surface area contributed by atoms with Gasteiger partial charge in [0.1, 0.15) is 12.4 Å². The first-order valence-corrected chi connectivity index (χ1v) is 5.40. The molecule has 1 heterocycles. The summed E-state index contributed by atoms with van der Waals surface area (Å²) in [6.07, 6.45) is 0. The smallest absolute Gasteiger partial charge is 0.120 e. The monoisotopic (exact) mass is 233 g/mol. The van der Waals surface area contributed by atoms with Crippen molar-refractivity contribution in [1.82, 2.24) is 0 Å². The van der Waals surface area contributed by atoms with Crippen molar-refractivity contribution in [3.8, 4) is 5.75 Å². The van der Waals surface area contributed by atoms with E-state index in [-0.39, 0.29) is 0 Å². The van der Waals surface area contributed by atoms with E-state index in [0.717, 1.165) is 18.0 Å². The standard InChI is InChI=1S/C7H6O.C6H6ClN/c1-2-6-4-7(3-1)8-5-6;7-8-6-4-2-1-3-5-6/h1-4H,5H2;1-5,8H. The molecule has 0 aromatic heterocycles. The molecule has 0 spiro atoms. The van der Waals surface area contributed by atoms with Crippen LogP contribution in [0.25, 0.3) is 0 Å². The van der Waals surface area contributed by atoms with Crippen molar-refractivity contribution >= 4 is 17.5 Å². The Labute approximate surface area is 99.9 Å². The quantitative estimate of drug-likeness (QED) is 0.756. The lowest BCUT2D eigenvalue weighted by molar-refractivity contribution is 0.328. The minimum absolute atomic E-state index is 0.766. The zero-order valence-corrected chi connectivity index (χ0v) is 9.45. The predicted octanol–water partition coefficient (Wildman–Crippen LogP) is 3.83. The van der Waals surface area contributed by atoms with Crippen LogP contribution in [0.1, 0.15) is 5.56 Å². The van der Waals surface area contributed by atoms with E-state index in [4.69, 9.17) is 16.5 Å². The summed E-state index contributed by atoms with van der Waals surface area (Å²) in [6, 6.07) is 17.7. The largest absolute Gasteiger partial charge is 0.489 e. The van der Waals surface area contributed by atoms with Gasteiger partial charge < -0.3 is 4.74 Å². The topological polar surface area (TPSA) is 21.3 Å². The average molecular weight is 234 g/mol. The van der Waals surface area contributed by atoms with Gasteiger partial charge in [-0.3, -0.25) is 4.84 Å². The van der Waals surface area contributed by atoms with E-state index < -0.39 is 0 Å². The number of hydrogen-bond donors (Lipinski definition) is 1. The van der Waals surface area contributed by atoms with Gasteiger partial charge in [0.05, 0.1) is 0 Å². The van der Waals surface area contributed by atoms with Gasteiger partial charge in [-0.15, -0.1) is 0 Å². The highest BCUT2D eigenvalue weighted by atomic mass is 35.5. The van der Waals surface area contributed by atoms with E-state index in [1.165, 1.54) is 5.56 Å². The van der Waals surface area contributed by atoms with E-state index in [0.29, 0.717) is 0 Å². The average Bonchev–Trinajstić information content (AvgIpc) is 2.70. The summed E-state index contributed by atoms with van der Waals surface area (Å²) in [6.45, 7) is 0.766. The summed E-state index contributed by atoms with van der Waals surface area (Å²) in [5.74, 6) is 1.00. The number of anilines is 1. The van der Waals surface area contributed by atoms with E-state index >= 15 is 0 Å². The van der Waals surface area contributed by atoms with E-state index in [9.17, 15) is 0 Å². The Morgan fingerprint density at radius 3 is 2.38 bits per heavy atom. The van der Waals surface area contributed by atoms with Gasteiger partial charge in [-0.25, -0.2) is 0 Å². The van der Waals surface area contributed by atoms with Gasteiger partial charge in [0.25, 0.3) is 0 Å². The molecule has 16 heavy (non-hydrogen) atoms. The van der Waals surface area contributed by atoms with Crippen LogP contribution in [0.3, 0.4) is 0 Å². The molecule has 0 unspecified atom stereocenters. The van der Waals surface area contributed by atoms with Crippen molar-refractivity contribution in [2.45, 2.75) is 6.61 Å². The second-order valence-corrected chi connectivity index (χ2v) is 3.59. The Morgan fingerprint density at radius 1 is 1.00 bits per heavy atom. The Balaban J connectivity index is 0.000000120. The molecule has 0 radical (unpaired) electrons. The maximum Gasteiger partial charge on any atom is 0.120 e. The molecule has 1 N–H and O–H groups in total. The van der Waals surface area contributed by atoms with E-state index in [2.05, 4.69) is 17.0 Å². The number of benzene rings is 2. The Morgan fingerprint density at radius 2 is 1.81 bits per heavy atom. The van der Waals surface area contributed by atoms with Gasteiger partial charge in [-0.2, -0.15) is 0 Å². The number of nitrogens with one attached hydrogen (secondary N) is 1. The molecule has 0 atom stereocenters. The fourth-order valence-electron chi connectivity index (χ4n) is 1.39. The third-order valence-corrected chi connectivity index (χ3v) is 2.41. The first-order valence-electron chi connectivity index (χ1n) is 5.02. The second kappa shape index (κ2) is 5.42. The molecular formula is C13H12ClNO. The van der Waals surface area contributed by atoms with Gasteiger partial charge in [0.2, 0.25) is 0 Å². The number of para-hydroxylation sites is 1. The molecule has 3 rings (SSSR count). The van der Waals surface area contributed by atoms with Crippen LogP contribution in [-0.2, 0) is 6.61 Å². The number of halogens is 1. The summed E-state index contributed by atoms with van der Waals surface area (Å²) < 4.78 is 5.18. The summed E-state index contributed by atoms with van der Waals surface area (Å²) in [5.41, 5.74) is 2.21. The molecule has 1 aliphatic heterocycles. The van der Waals surface area contributed by atoms with Crippen molar-refractivity contribution < 1.29 is 4.74 Å². The Bertz CT molecular complexity index is 424. The van der Waals surface area contributed by atoms with Gasteiger partial charge in [-0.05, 0) is 29.8 Å². The minimum atomic E-state index is 0.766. The number of rotatable bonds is 1. The van der Waals surface area contributed by atoms with Crippen molar-refractivity contribution in [2.75, 3.05) is 4.84 Å². The number of ether oxygens (including phenoxy) is 1. The molecule has 82 valence electrons. The Kier molecular flexibility index (Phi) is 3.67. The summed E-state index contributed by atoms with van der Waals surface area (Å²) >= 11 is 5.28. The molecule has 0 saturated carbocycles. The van der Waals surface area contributed by atoms with Crippen LogP contribution in [0, 0.1) is 0 Å². The normalized spacial score (nSPS) is 11.1. The SMILES string of the molecule is ClNc1ccccc1.c1cc2cc(c1)OC2. The maximum absolute atomic E-state index is 5.28. The third-order valence-electron chi connectivity index (χ3n) is 2.19. The van der Waals surface area contributed by atoms with Crippen LogP contribution in [0.5, 0.6) is 5.75 Å². The molecule has 0 amide bonds. The molecule has 2 aromatic carbocycles. The predicted molar refractivity (Wildman–Crippen MR) is 66.7 cm³/mol. The van der Waals surface area contributed by atoms with Crippen molar-refractivity contribution in [1.29, 1.82) is 0 Å². The molecule has 2 aromatic rings. The maximum atomic E-state index is 5.28. The Hall–Kier alpha value is -1.67. The van der Waals surface area contributed by atoms with Crippen LogP contribution in [0.4, 0.5) is 5.69 Å². The lowest BCUT2D eigenvalue weighted by atomic mass is 10.2. The lowest BCUT2D eigenvalue weighted by Gasteiger charge is -1.91. The summed E-state index contributed by atoms with van der Waals surface area (Å²) in [7, 11) is 0. The molecule has 0 fully saturated rings. The van der Waals surface area contributed by atoms with Crippen molar-refractivity contribution in [3.05, 3.63) is 60.2 Å². The zero-order valence-electron chi connectivity index (χ0n) is 8.69.